The van der Waals surface area contributed by atoms with Crippen LogP contribution in [-0.4, -0.2) is 9.67 Å². The fourth-order valence-electron chi connectivity index (χ4n) is 2.76. The van der Waals surface area contributed by atoms with Gasteiger partial charge in [-0.1, -0.05) is 49.1 Å². The molecule has 0 radical (unpaired) electrons. The van der Waals surface area contributed by atoms with Crippen molar-refractivity contribution in [1.82, 2.24) is 4.57 Å². The van der Waals surface area contributed by atoms with Gasteiger partial charge in [0.1, 0.15) is 5.75 Å². The van der Waals surface area contributed by atoms with Gasteiger partial charge in [-0.25, -0.2) is 0 Å². The molecule has 3 rings (SSSR count). The van der Waals surface area contributed by atoms with E-state index in [1.165, 1.54) is 5.56 Å². The van der Waals surface area contributed by atoms with Crippen LogP contribution in [0, 0.1) is 6.92 Å². The van der Waals surface area contributed by atoms with E-state index in [1.807, 2.05) is 36.4 Å². The lowest BCUT2D eigenvalue weighted by molar-refractivity contribution is 0.481. The molecule has 1 aromatic heterocycles. The lowest BCUT2D eigenvalue weighted by atomic mass is 10.1. The second-order valence-corrected chi connectivity index (χ2v) is 4.95. The zero-order valence-corrected chi connectivity index (χ0v) is 11.5. The van der Waals surface area contributed by atoms with Crippen molar-refractivity contribution < 1.29 is 5.11 Å². The van der Waals surface area contributed by atoms with Gasteiger partial charge in [0, 0.05) is 23.2 Å². The maximum Gasteiger partial charge on any atom is 0.125 e. The molecule has 0 unspecified atom stereocenters. The fraction of sp³-hybridized carbons (Fsp3) is 0.111. The highest BCUT2D eigenvalue weighted by Crippen LogP contribution is 2.33. The van der Waals surface area contributed by atoms with E-state index in [4.69, 9.17) is 0 Å². The van der Waals surface area contributed by atoms with E-state index in [-0.39, 0.29) is 0 Å². The van der Waals surface area contributed by atoms with Crippen LogP contribution < -0.4 is 0 Å². The molecular weight excluding hydrogens is 246 g/mol. The van der Waals surface area contributed by atoms with Gasteiger partial charge in [0.15, 0.2) is 0 Å². The summed E-state index contributed by atoms with van der Waals surface area (Å²) in [5, 5.41) is 11.0. The molecule has 1 heterocycles. The van der Waals surface area contributed by atoms with Crippen LogP contribution in [0.4, 0.5) is 0 Å². The van der Waals surface area contributed by atoms with Crippen LogP contribution in [0.2, 0.25) is 0 Å². The molecule has 20 heavy (non-hydrogen) atoms. The van der Waals surface area contributed by atoms with Crippen molar-refractivity contribution in [3.05, 3.63) is 71.9 Å². The van der Waals surface area contributed by atoms with E-state index in [2.05, 4.69) is 30.2 Å². The molecule has 0 aliphatic heterocycles. The first-order valence-corrected chi connectivity index (χ1v) is 6.69. The minimum Gasteiger partial charge on any atom is -0.507 e. The van der Waals surface area contributed by atoms with Gasteiger partial charge in [0.05, 0.1) is 5.52 Å². The summed E-state index contributed by atoms with van der Waals surface area (Å²) in [6, 6.07) is 16.0. The maximum absolute atomic E-state index is 10.1. The van der Waals surface area contributed by atoms with Crippen LogP contribution in [0.1, 0.15) is 16.8 Å². The molecule has 0 bridgehead atoms. The van der Waals surface area contributed by atoms with Gasteiger partial charge in [-0.3, -0.25) is 0 Å². The molecule has 0 amide bonds. The van der Waals surface area contributed by atoms with Crippen LogP contribution in [0.5, 0.6) is 5.75 Å². The lowest BCUT2D eigenvalue weighted by Gasteiger charge is -2.08. The van der Waals surface area contributed by atoms with Gasteiger partial charge in [-0.05, 0) is 24.6 Å². The Kier molecular flexibility index (Phi) is 3.07. The first-order valence-electron chi connectivity index (χ1n) is 6.69. The molecule has 0 saturated heterocycles. The number of fused-ring (bicyclic) bond motifs is 1. The Morgan fingerprint density at radius 1 is 1.10 bits per heavy atom. The summed E-state index contributed by atoms with van der Waals surface area (Å²) in [6.07, 6.45) is 1.82. The summed E-state index contributed by atoms with van der Waals surface area (Å²) in [4.78, 5) is 0. The van der Waals surface area contributed by atoms with Gasteiger partial charge in [0.25, 0.3) is 0 Å². The summed E-state index contributed by atoms with van der Waals surface area (Å²) in [6.45, 7) is 6.74. The number of aromatic hydroxyl groups is 1. The molecule has 0 aliphatic rings. The lowest BCUT2D eigenvalue weighted by Crippen LogP contribution is -2.01. The fourth-order valence-corrected chi connectivity index (χ4v) is 2.76. The van der Waals surface area contributed by atoms with Gasteiger partial charge >= 0.3 is 0 Å². The van der Waals surface area contributed by atoms with Gasteiger partial charge < -0.3 is 9.67 Å². The molecule has 0 fully saturated rings. The Labute approximate surface area is 118 Å². The van der Waals surface area contributed by atoms with Crippen molar-refractivity contribution in [3.63, 3.8) is 0 Å². The molecule has 1 N–H and O–H groups in total. The van der Waals surface area contributed by atoms with Crippen molar-refractivity contribution in [2.45, 2.75) is 13.5 Å². The summed E-state index contributed by atoms with van der Waals surface area (Å²) < 4.78 is 2.22. The van der Waals surface area contributed by atoms with Crippen molar-refractivity contribution in [1.29, 1.82) is 0 Å². The van der Waals surface area contributed by atoms with E-state index in [0.29, 0.717) is 5.75 Å². The van der Waals surface area contributed by atoms with Crippen LogP contribution in [0.25, 0.3) is 17.0 Å². The third-order valence-corrected chi connectivity index (χ3v) is 3.76. The Balaban J connectivity index is 2.23. The summed E-state index contributed by atoms with van der Waals surface area (Å²) >= 11 is 0. The van der Waals surface area contributed by atoms with Crippen molar-refractivity contribution in [2.24, 2.45) is 0 Å². The number of hydrogen-bond acceptors (Lipinski definition) is 1. The molecule has 0 spiro atoms. The van der Waals surface area contributed by atoms with Gasteiger partial charge in [0.2, 0.25) is 0 Å². The van der Waals surface area contributed by atoms with Crippen LogP contribution in [0.3, 0.4) is 0 Å². The second-order valence-electron chi connectivity index (χ2n) is 4.95. The first-order chi connectivity index (χ1) is 9.72. The predicted molar refractivity (Wildman–Crippen MR) is 84.0 cm³/mol. The molecular formula is C18H17NO. The normalized spacial score (nSPS) is 10.8. The zero-order valence-electron chi connectivity index (χ0n) is 11.5. The average Bonchev–Trinajstić information content (AvgIpc) is 2.74. The van der Waals surface area contributed by atoms with E-state index >= 15 is 0 Å². The van der Waals surface area contributed by atoms with Crippen LogP contribution >= 0.6 is 0 Å². The van der Waals surface area contributed by atoms with E-state index in [1.54, 1.807) is 6.07 Å². The highest BCUT2D eigenvalue weighted by atomic mass is 16.3. The minimum absolute atomic E-state index is 0.312. The van der Waals surface area contributed by atoms with E-state index in [9.17, 15) is 5.11 Å². The molecule has 2 nitrogen and oxygen atoms in total. The number of rotatable bonds is 3. The van der Waals surface area contributed by atoms with Gasteiger partial charge in [-0.2, -0.15) is 0 Å². The first kappa shape index (κ1) is 12.5. The molecule has 0 aliphatic carbocycles. The molecule has 100 valence electrons. The summed E-state index contributed by atoms with van der Waals surface area (Å²) in [5.74, 6) is 0.312. The monoisotopic (exact) mass is 263 g/mol. The molecule has 0 saturated carbocycles. The zero-order chi connectivity index (χ0) is 14.1. The van der Waals surface area contributed by atoms with Crippen molar-refractivity contribution in [2.75, 3.05) is 0 Å². The topological polar surface area (TPSA) is 25.2 Å². The molecule has 2 aromatic carbocycles. The summed E-state index contributed by atoms with van der Waals surface area (Å²) in [5.41, 5.74) is 4.42. The number of phenols is 1. The minimum atomic E-state index is 0.312. The number of phenolic OH excluding ortho intramolecular Hbond substituents is 1. The standard InChI is InChI=1S/C18H17NO/c1-3-15-13(2)19(12-14-8-5-4-6-9-14)16-10-7-11-17(20)18(15)16/h3-11,20H,1,12H2,2H3. The molecule has 2 heteroatoms. The number of hydrogen-bond donors (Lipinski definition) is 1. The highest BCUT2D eigenvalue weighted by Gasteiger charge is 2.14. The largest absolute Gasteiger partial charge is 0.507 e. The Morgan fingerprint density at radius 3 is 2.55 bits per heavy atom. The Morgan fingerprint density at radius 2 is 1.85 bits per heavy atom. The Hall–Kier alpha value is -2.48. The summed E-state index contributed by atoms with van der Waals surface area (Å²) in [7, 11) is 0. The van der Waals surface area contributed by atoms with Crippen LogP contribution in [0.15, 0.2) is 55.1 Å². The van der Waals surface area contributed by atoms with Crippen molar-refractivity contribution >= 4 is 17.0 Å². The van der Waals surface area contributed by atoms with Gasteiger partial charge in [-0.15, -0.1) is 0 Å². The third kappa shape index (κ3) is 1.90. The smallest absolute Gasteiger partial charge is 0.125 e. The number of benzene rings is 2. The average molecular weight is 263 g/mol. The van der Waals surface area contributed by atoms with E-state index in [0.717, 1.165) is 28.7 Å². The van der Waals surface area contributed by atoms with Crippen molar-refractivity contribution in [3.8, 4) is 5.75 Å². The van der Waals surface area contributed by atoms with Crippen LogP contribution in [-0.2, 0) is 6.54 Å². The number of aromatic nitrogens is 1. The molecule has 3 aromatic rings. The third-order valence-electron chi connectivity index (χ3n) is 3.76. The predicted octanol–water partition coefficient (Wildman–Crippen LogP) is 4.35. The maximum atomic E-state index is 10.1. The second kappa shape index (κ2) is 4.89. The number of nitrogens with zero attached hydrogens (tertiary/aromatic N) is 1. The SMILES string of the molecule is C=Cc1c(C)n(Cc2ccccc2)c2cccc(O)c12. The van der Waals surface area contributed by atoms with E-state index < -0.39 is 0 Å². The highest BCUT2D eigenvalue weighted by molar-refractivity contribution is 5.95. The molecule has 0 atom stereocenters. The Bertz CT molecular complexity index is 769. The quantitative estimate of drug-likeness (QED) is 0.746.